The molecule has 5 rings (SSSR count). The van der Waals surface area contributed by atoms with E-state index < -0.39 is 17.2 Å². The molecule has 0 radical (unpaired) electrons. The Bertz CT molecular complexity index is 995. The summed E-state index contributed by atoms with van der Waals surface area (Å²) in [6, 6.07) is 1.54. The Hall–Kier alpha value is -2.41. The lowest BCUT2D eigenvalue weighted by Gasteiger charge is -2.27. The van der Waals surface area contributed by atoms with Gasteiger partial charge in [-0.25, -0.2) is 9.18 Å². The highest BCUT2D eigenvalue weighted by atomic mass is 19.1. The van der Waals surface area contributed by atoms with Crippen LogP contribution in [0.3, 0.4) is 0 Å². The Morgan fingerprint density at radius 1 is 1.27 bits per heavy atom. The second-order valence-corrected chi connectivity index (χ2v) is 7.40. The summed E-state index contributed by atoms with van der Waals surface area (Å²) < 4.78 is 22.8. The van der Waals surface area contributed by atoms with Crippen LogP contribution in [0.25, 0.3) is 10.9 Å². The first kappa shape index (κ1) is 15.8. The maximum Gasteiger partial charge on any atom is 0.341 e. The van der Waals surface area contributed by atoms with Crippen LogP contribution < -0.4 is 10.3 Å². The monoisotopic (exact) mass is 358 g/mol. The van der Waals surface area contributed by atoms with Crippen molar-refractivity contribution in [3.8, 4) is 0 Å². The Morgan fingerprint density at radius 3 is 2.81 bits per heavy atom. The molecule has 1 N–H and O–H groups in total. The Kier molecular flexibility index (Phi) is 3.37. The zero-order valence-corrected chi connectivity index (χ0v) is 14.2. The van der Waals surface area contributed by atoms with Crippen LogP contribution in [0, 0.1) is 5.82 Å². The van der Waals surface area contributed by atoms with E-state index in [9.17, 15) is 14.7 Å². The number of hydrogen-bond donors (Lipinski definition) is 1. The van der Waals surface area contributed by atoms with Gasteiger partial charge < -0.3 is 19.3 Å². The van der Waals surface area contributed by atoms with Gasteiger partial charge in [-0.05, 0) is 31.7 Å². The zero-order chi connectivity index (χ0) is 18.0. The van der Waals surface area contributed by atoms with Crippen molar-refractivity contribution in [1.29, 1.82) is 0 Å². The molecule has 3 heterocycles. The minimum Gasteiger partial charge on any atom is -0.477 e. The minimum atomic E-state index is -1.28. The van der Waals surface area contributed by atoms with Crippen LogP contribution in [-0.4, -0.2) is 34.8 Å². The number of rotatable bonds is 2. The highest BCUT2D eigenvalue weighted by Crippen LogP contribution is 2.42. The molecule has 1 atom stereocenters. The zero-order valence-electron chi connectivity index (χ0n) is 14.2. The molecule has 6 nitrogen and oxygen atoms in total. The smallest absolute Gasteiger partial charge is 0.341 e. The van der Waals surface area contributed by atoms with Gasteiger partial charge in [0, 0.05) is 29.7 Å². The van der Waals surface area contributed by atoms with E-state index in [0.29, 0.717) is 23.4 Å². The number of anilines is 1. The van der Waals surface area contributed by atoms with E-state index in [1.807, 2.05) is 4.57 Å². The number of aromatic carboxylic acids is 1. The van der Waals surface area contributed by atoms with Gasteiger partial charge in [0.15, 0.2) is 0 Å². The summed E-state index contributed by atoms with van der Waals surface area (Å²) in [7, 11) is 0. The Balaban J connectivity index is 1.88. The van der Waals surface area contributed by atoms with Crippen molar-refractivity contribution in [2.75, 3.05) is 18.1 Å². The van der Waals surface area contributed by atoms with Crippen molar-refractivity contribution < 1.29 is 19.0 Å². The molecule has 2 aliphatic heterocycles. The number of aromatic nitrogens is 1. The molecule has 0 amide bonds. The lowest BCUT2D eigenvalue weighted by atomic mass is 10.0. The predicted molar refractivity (Wildman–Crippen MR) is 93.4 cm³/mol. The van der Waals surface area contributed by atoms with Crippen LogP contribution in [0.2, 0.25) is 0 Å². The third kappa shape index (κ3) is 2.19. The number of pyridine rings is 1. The standard InChI is InChI=1S/C19H19FN2O4/c20-15-6-12-16(14-9-26-8-11-2-1-5-21(11)17(14)15)22(10-3-4-10)7-13(18(12)23)19(24)25/h6-7,10-11H,1-5,8-9H2,(H,24,25)/t11-/m0/s1. The van der Waals surface area contributed by atoms with Crippen LogP contribution >= 0.6 is 0 Å². The second-order valence-electron chi connectivity index (χ2n) is 7.40. The summed E-state index contributed by atoms with van der Waals surface area (Å²) in [5, 5.41) is 9.52. The number of carboxylic acid groups (broad SMARTS) is 1. The minimum absolute atomic E-state index is 0.134. The second kappa shape index (κ2) is 5.54. The van der Waals surface area contributed by atoms with Crippen molar-refractivity contribution in [1.82, 2.24) is 4.57 Å². The van der Waals surface area contributed by atoms with E-state index in [1.165, 1.54) is 12.3 Å². The third-order valence-corrected chi connectivity index (χ3v) is 5.73. The van der Waals surface area contributed by atoms with Gasteiger partial charge in [-0.15, -0.1) is 0 Å². The van der Waals surface area contributed by atoms with Crippen LogP contribution in [0.1, 0.15) is 47.6 Å². The van der Waals surface area contributed by atoms with Crippen molar-refractivity contribution in [2.45, 2.75) is 44.4 Å². The molecule has 1 saturated carbocycles. The molecule has 26 heavy (non-hydrogen) atoms. The van der Waals surface area contributed by atoms with Gasteiger partial charge in [-0.2, -0.15) is 0 Å². The van der Waals surface area contributed by atoms with Gasteiger partial charge in [0.25, 0.3) is 0 Å². The van der Waals surface area contributed by atoms with E-state index in [2.05, 4.69) is 4.90 Å². The molecule has 1 aliphatic carbocycles. The highest BCUT2D eigenvalue weighted by Gasteiger charge is 2.35. The normalized spacial score (nSPS) is 22.2. The van der Waals surface area contributed by atoms with Crippen molar-refractivity contribution >= 4 is 22.6 Å². The quantitative estimate of drug-likeness (QED) is 0.894. The Labute approximate surface area is 148 Å². The van der Waals surface area contributed by atoms with Crippen molar-refractivity contribution in [3.63, 3.8) is 0 Å². The number of hydrogen-bond acceptors (Lipinski definition) is 4. The van der Waals surface area contributed by atoms with Crippen molar-refractivity contribution in [2.24, 2.45) is 0 Å². The number of ether oxygens (including phenoxy) is 1. The predicted octanol–water partition coefficient (Wildman–Crippen LogP) is 2.67. The number of nitrogens with zero attached hydrogens (tertiary/aromatic N) is 2. The molecular weight excluding hydrogens is 339 g/mol. The van der Waals surface area contributed by atoms with E-state index in [-0.39, 0.29) is 29.6 Å². The molecule has 0 unspecified atom stereocenters. The molecule has 1 aromatic heterocycles. The van der Waals surface area contributed by atoms with Crippen molar-refractivity contribution in [3.05, 3.63) is 39.4 Å². The van der Waals surface area contributed by atoms with E-state index >= 15 is 4.39 Å². The van der Waals surface area contributed by atoms with Gasteiger partial charge >= 0.3 is 5.97 Å². The third-order valence-electron chi connectivity index (χ3n) is 5.73. The van der Waals surface area contributed by atoms with Gasteiger partial charge in [-0.3, -0.25) is 4.79 Å². The molecule has 2 aromatic rings. The first-order valence-electron chi connectivity index (χ1n) is 9.04. The fraction of sp³-hybridized carbons (Fsp3) is 0.474. The molecule has 7 heteroatoms. The lowest BCUT2D eigenvalue weighted by molar-refractivity contribution is 0.0695. The summed E-state index contributed by atoms with van der Waals surface area (Å²) in [6.45, 7) is 1.54. The van der Waals surface area contributed by atoms with E-state index in [0.717, 1.165) is 32.2 Å². The average Bonchev–Trinajstić information content (AvgIpc) is 3.38. The number of carbonyl (C=O) groups is 1. The number of carboxylic acids is 1. The fourth-order valence-corrected chi connectivity index (χ4v) is 4.40. The van der Waals surface area contributed by atoms with Crippen LogP contribution in [0.4, 0.5) is 10.1 Å². The van der Waals surface area contributed by atoms with Crippen LogP contribution in [-0.2, 0) is 11.3 Å². The number of benzene rings is 1. The molecule has 136 valence electrons. The molecule has 1 saturated heterocycles. The molecule has 0 bridgehead atoms. The SMILES string of the molecule is O=C(O)c1cn(C2CC2)c2c3c(c(F)cc2c1=O)N1CCC[C@H]1COC3. The highest BCUT2D eigenvalue weighted by molar-refractivity contribution is 5.95. The first-order chi connectivity index (χ1) is 12.6. The summed E-state index contributed by atoms with van der Waals surface area (Å²) in [6.07, 6.45) is 5.23. The molecule has 3 aliphatic rings. The lowest BCUT2D eigenvalue weighted by Crippen LogP contribution is -2.32. The van der Waals surface area contributed by atoms with Crippen LogP contribution in [0.15, 0.2) is 17.1 Å². The average molecular weight is 358 g/mol. The van der Waals surface area contributed by atoms with Crippen LogP contribution in [0.5, 0.6) is 0 Å². The van der Waals surface area contributed by atoms with E-state index in [1.54, 1.807) is 0 Å². The topological polar surface area (TPSA) is 71.8 Å². The molecule has 2 fully saturated rings. The summed E-state index contributed by atoms with van der Waals surface area (Å²) in [4.78, 5) is 26.3. The molecular formula is C19H19FN2O4. The van der Waals surface area contributed by atoms with Gasteiger partial charge in [0.05, 0.1) is 30.5 Å². The summed E-state index contributed by atoms with van der Waals surface area (Å²) in [5.41, 5.74) is 0.886. The summed E-state index contributed by atoms with van der Waals surface area (Å²) in [5.74, 6) is -1.75. The van der Waals surface area contributed by atoms with Gasteiger partial charge in [-0.1, -0.05) is 0 Å². The van der Waals surface area contributed by atoms with E-state index in [4.69, 9.17) is 4.74 Å². The van der Waals surface area contributed by atoms with Gasteiger partial charge in [0.1, 0.15) is 11.4 Å². The first-order valence-corrected chi connectivity index (χ1v) is 9.04. The number of halogens is 1. The maximum absolute atomic E-state index is 15.1. The fourth-order valence-electron chi connectivity index (χ4n) is 4.40. The molecule has 0 spiro atoms. The Morgan fingerprint density at radius 2 is 2.08 bits per heavy atom. The maximum atomic E-state index is 15.1. The summed E-state index contributed by atoms with van der Waals surface area (Å²) >= 11 is 0. The molecule has 1 aromatic carbocycles. The largest absolute Gasteiger partial charge is 0.477 e. The van der Waals surface area contributed by atoms with Gasteiger partial charge in [0.2, 0.25) is 5.43 Å². The number of fused-ring (bicyclic) bond motifs is 5.